The van der Waals surface area contributed by atoms with E-state index in [1.807, 2.05) is 24.3 Å². The molecule has 26 heavy (non-hydrogen) atoms. The topological polar surface area (TPSA) is 81.9 Å². The molecule has 0 atom stereocenters. The molecule has 0 bridgehead atoms. The van der Waals surface area contributed by atoms with E-state index in [1.54, 1.807) is 23.0 Å². The van der Waals surface area contributed by atoms with Crippen LogP contribution in [0, 0.1) is 0 Å². The lowest BCUT2D eigenvalue weighted by atomic mass is 10.1. The summed E-state index contributed by atoms with van der Waals surface area (Å²) in [6, 6.07) is 11.3. The number of nitrogens with one attached hydrogen (secondary N) is 1. The Morgan fingerprint density at radius 2 is 2.12 bits per heavy atom. The molecule has 0 unspecified atom stereocenters. The molecule has 0 fully saturated rings. The zero-order chi connectivity index (χ0) is 17.9. The Balaban J connectivity index is 1.71. The maximum atomic E-state index is 11.9. The molecule has 132 valence electrons. The zero-order valence-electron chi connectivity index (χ0n) is 14.5. The van der Waals surface area contributed by atoms with E-state index in [1.165, 1.54) is 0 Å². The van der Waals surface area contributed by atoms with Crippen LogP contribution in [-0.4, -0.2) is 38.8 Å². The van der Waals surface area contributed by atoms with E-state index in [9.17, 15) is 4.79 Å². The van der Waals surface area contributed by atoms with Crippen LogP contribution in [0.5, 0.6) is 5.75 Å². The van der Waals surface area contributed by atoms with Crippen molar-refractivity contribution in [1.29, 1.82) is 0 Å². The quantitative estimate of drug-likeness (QED) is 0.765. The Labute approximate surface area is 151 Å². The van der Waals surface area contributed by atoms with Crippen molar-refractivity contribution in [2.75, 3.05) is 13.2 Å². The number of hydrogen-bond donors (Lipinski definition) is 1. The summed E-state index contributed by atoms with van der Waals surface area (Å²) in [6.45, 7) is 3.95. The molecular weight excluding hydrogens is 330 g/mol. The van der Waals surface area contributed by atoms with Gasteiger partial charge in [-0.15, -0.1) is 0 Å². The second-order valence-corrected chi connectivity index (χ2v) is 6.00. The van der Waals surface area contributed by atoms with Crippen LogP contribution in [0.1, 0.15) is 23.8 Å². The zero-order valence-corrected chi connectivity index (χ0v) is 14.5. The maximum absolute atomic E-state index is 11.9. The van der Waals surface area contributed by atoms with Crippen molar-refractivity contribution in [2.45, 2.75) is 19.9 Å². The number of fused-ring (bicyclic) bond motifs is 1. The van der Waals surface area contributed by atoms with Gasteiger partial charge in [-0.3, -0.25) is 9.48 Å². The monoisotopic (exact) mass is 349 g/mol. The summed E-state index contributed by atoms with van der Waals surface area (Å²) in [4.78, 5) is 21.0. The van der Waals surface area contributed by atoms with Crippen LogP contribution in [0.15, 0.2) is 42.6 Å². The first kappa shape index (κ1) is 16.3. The molecule has 0 saturated heterocycles. The summed E-state index contributed by atoms with van der Waals surface area (Å²) < 4.78 is 7.53. The second kappa shape index (κ2) is 6.95. The van der Waals surface area contributed by atoms with Gasteiger partial charge in [0.1, 0.15) is 17.1 Å². The lowest BCUT2D eigenvalue weighted by molar-refractivity contribution is 0.0924. The molecule has 0 saturated carbocycles. The van der Waals surface area contributed by atoms with Crippen LogP contribution in [-0.2, 0) is 6.54 Å². The van der Waals surface area contributed by atoms with E-state index >= 15 is 0 Å². The number of hydrogen-bond acceptors (Lipinski definition) is 5. The maximum Gasteiger partial charge on any atom is 0.269 e. The van der Waals surface area contributed by atoms with Crippen molar-refractivity contribution < 1.29 is 9.53 Å². The second-order valence-electron chi connectivity index (χ2n) is 6.00. The molecule has 0 spiro atoms. The van der Waals surface area contributed by atoms with Gasteiger partial charge in [-0.2, -0.15) is 5.10 Å². The van der Waals surface area contributed by atoms with Gasteiger partial charge in [-0.05, 0) is 30.7 Å². The average molecular weight is 349 g/mol. The highest BCUT2D eigenvalue weighted by Gasteiger charge is 2.20. The fourth-order valence-corrected chi connectivity index (χ4v) is 2.88. The molecule has 2 aromatic heterocycles. The minimum absolute atomic E-state index is 0.109. The Kier molecular flexibility index (Phi) is 4.35. The lowest BCUT2D eigenvalue weighted by Gasteiger charge is -2.13. The first-order valence-electron chi connectivity index (χ1n) is 8.68. The number of aromatic nitrogens is 4. The summed E-state index contributed by atoms with van der Waals surface area (Å²) in [6.07, 6.45) is 2.63. The van der Waals surface area contributed by atoms with Crippen LogP contribution in [0.3, 0.4) is 0 Å². The van der Waals surface area contributed by atoms with E-state index in [0.717, 1.165) is 17.7 Å². The summed E-state index contributed by atoms with van der Waals surface area (Å²) in [5, 5.41) is 7.33. The van der Waals surface area contributed by atoms with Crippen molar-refractivity contribution in [1.82, 2.24) is 25.1 Å². The molecule has 0 radical (unpaired) electrons. The molecule has 1 aliphatic heterocycles. The molecule has 3 heterocycles. The van der Waals surface area contributed by atoms with Crippen LogP contribution in [0.2, 0.25) is 0 Å². The Bertz CT molecular complexity index is 951. The number of benzene rings is 1. The SMILES string of the molecule is CCCOc1ccccc1-c1nccc(-c2cc3n(n2)CCNC3=O)n1. The predicted molar refractivity (Wildman–Crippen MR) is 96.8 cm³/mol. The third-order valence-corrected chi connectivity index (χ3v) is 4.13. The van der Waals surface area contributed by atoms with E-state index in [-0.39, 0.29) is 5.91 Å². The standard InChI is InChI=1S/C19H19N5O2/c1-2-11-26-17-6-4-3-5-13(17)18-20-8-7-14(22-18)15-12-16-19(25)21-9-10-24(16)23-15/h3-8,12H,2,9-11H2,1H3,(H,21,25). The predicted octanol–water partition coefficient (Wildman–Crippen LogP) is 2.54. The number of carbonyl (C=O) groups excluding carboxylic acids is 1. The number of nitrogens with zero attached hydrogens (tertiary/aromatic N) is 4. The highest BCUT2D eigenvalue weighted by atomic mass is 16.5. The average Bonchev–Trinajstić information content (AvgIpc) is 3.13. The van der Waals surface area contributed by atoms with Gasteiger partial charge in [-0.25, -0.2) is 9.97 Å². The lowest BCUT2D eigenvalue weighted by Crippen LogP contribution is -2.35. The normalized spacial score (nSPS) is 13.2. The fourth-order valence-electron chi connectivity index (χ4n) is 2.88. The van der Waals surface area contributed by atoms with Crippen molar-refractivity contribution in [3.8, 4) is 28.5 Å². The number of carbonyl (C=O) groups is 1. The minimum atomic E-state index is -0.109. The van der Waals surface area contributed by atoms with Gasteiger partial charge in [0.2, 0.25) is 0 Å². The van der Waals surface area contributed by atoms with Crippen molar-refractivity contribution in [3.05, 3.63) is 48.3 Å². The first-order valence-corrected chi connectivity index (χ1v) is 8.68. The van der Waals surface area contributed by atoms with Crippen molar-refractivity contribution >= 4 is 5.91 Å². The molecule has 1 N–H and O–H groups in total. The van der Waals surface area contributed by atoms with Crippen LogP contribution in [0.25, 0.3) is 22.8 Å². The van der Waals surface area contributed by atoms with Gasteiger partial charge in [-0.1, -0.05) is 19.1 Å². The summed E-state index contributed by atoms with van der Waals surface area (Å²) >= 11 is 0. The molecule has 1 amide bonds. The van der Waals surface area contributed by atoms with Gasteiger partial charge in [0.05, 0.1) is 24.4 Å². The Morgan fingerprint density at radius 3 is 2.96 bits per heavy atom. The van der Waals surface area contributed by atoms with Gasteiger partial charge in [0, 0.05) is 12.7 Å². The van der Waals surface area contributed by atoms with E-state index in [4.69, 9.17) is 4.74 Å². The van der Waals surface area contributed by atoms with Crippen LogP contribution < -0.4 is 10.1 Å². The molecule has 4 rings (SSSR count). The van der Waals surface area contributed by atoms with Gasteiger partial charge in [0.25, 0.3) is 5.91 Å². The first-order chi connectivity index (χ1) is 12.8. The van der Waals surface area contributed by atoms with Crippen LogP contribution in [0.4, 0.5) is 0 Å². The number of para-hydroxylation sites is 1. The number of rotatable bonds is 5. The molecule has 0 aliphatic carbocycles. The van der Waals surface area contributed by atoms with E-state index < -0.39 is 0 Å². The van der Waals surface area contributed by atoms with Crippen molar-refractivity contribution in [2.24, 2.45) is 0 Å². The largest absolute Gasteiger partial charge is 0.493 e. The summed E-state index contributed by atoms with van der Waals surface area (Å²) in [7, 11) is 0. The van der Waals surface area contributed by atoms with Gasteiger partial charge >= 0.3 is 0 Å². The molecular formula is C19H19N5O2. The molecule has 7 nitrogen and oxygen atoms in total. The molecule has 1 aliphatic rings. The minimum Gasteiger partial charge on any atom is -0.493 e. The fraction of sp³-hybridized carbons (Fsp3) is 0.263. The van der Waals surface area contributed by atoms with Crippen LogP contribution >= 0.6 is 0 Å². The molecule has 1 aromatic carbocycles. The summed E-state index contributed by atoms with van der Waals surface area (Å²) in [5.74, 6) is 1.22. The Morgan fingerprint density at radius 1 is 1.23 bits per heavy atom. The smallest absolute Gasteiger partial charge is 0.269 e. The van der Waals surface area contributed by atoms with Gasteiger partial charge in [0.15, 0.2) is 5.82 Å². The highest BCUT2D eigenvalue weighted by Crippen LogP contribution is 2.28. The van der Waals surface area contributed by atoms with E-state index in [2.05, 4.69) is 27.3 Å². The van der Waals surface area contributed by atoms with Crippen molar-refractivity contribution in [3.63, 3.8) is 0 Å². The van der Waals surface area contributed by atoms with E-state index in [0.29, 0.717) is 42.6 Å². The number of ether oxygens (including phenoxy) is 1. The summed E-state index contributed by atoms with van der Waals surface area (Å²) in [5.41, 5.74) is 2.73. The Hall–Kier alpha value is -3.22. The third-order valence-electron chi connectivity index (χ3n) is 4.13. The van der Waals surface area contributed by atoms with Gasteiger partial charge < -0.3 is 10.1 Å². The highest BCUT2D eigenvalue weighted by molar-refractivity contribution is 5.94. The third kappa shape index (κ3) is 3.03. The molecule has 3 aromatic rings. The molecule has 7 heteroatoms. The number of amides is 1.